The Morgan fingerprint density at radius 2 is 1.90 bits per heavy atom. The number of amides is 1. The summed E-state index contributed by atoms with van der Waals surface area (Å²) in [5, 5.41) is 5.96. The molecule has 1 aromatic heterocycles. The fourth-order valence-electron chi connectivity index (χ4n) is 1.74. The van der Waals surface area contributed by atoms with E-state index in [2.05, 4.69) is 34.4 Å². The van der Waals surface area contributed by atoms with Crippen molar-refractivity contribution >= 4 is 17.4 Å². The molecule has 0 bridgehead atoms. The molecule has 110 valence electrons. The normalized spacial score (nSPS) is 10.4. The van der Waals surface area contributed by atoms with E-state index in [4.69, 9.17) is 0 Å². The molecule has 1 amide bonds. The minimum atomic E-state index is -0.262. The van der Waals surface area contributed by atoms with Gasteiger partial charge in [0.2, 0.25) is 0 Å². The first-order valence-electron chi connectivity index (χ1n) is 7.07. The summed E-state index contributed by atoms with van der Waals surface area (Å²) < 4.78 is 0. The maximum absolute atomic E-state index is 12.0. The van der Waals surface area contributed by atoms with Gasteiger partial charge in [-0.25, -0.2) is 9.97 Å². The molecule has 0 aliphatic rings. The van der Waals surface area contributed by atoms with Crippen LogP contribution in [-0.2, 0) is 0 Å². The van der Waals surface area contributed by atoms with Crippen LogP contribution in [0.15, 0.2) is 42.7 Å². The molecule has 0 atom stereocenters. The minimum absolute atomic E-state index is 0.262. The molecule has 2 N–H and O–H groups in total. The lowest BCUT2D eigenvalue weighted by Crippen LogP contribution is -2.14. The molecular weight excluding hydrogens is 264 g/mol. The average Bonchev–Trinajstić information content (AvgIpc) is 2.48. The van der Waals surface area contributed by atoms with E-state index in [1.54, 1.807) is 6.20 Å². The van der Waals surface area contributed by atoms with Gasteiger partial charge in [0.15, 0.2) is 0 Å². The number of aromatic nitrogens is 2. The number of anilines is 2. The van der Waals surface area contributed by atoms with Gasteiger partial charge in [0, 0.05) is 12.2 Å². The molecular formula is C16H20N4O. The molecule has 0 aliphatic carbocycles. The molecule has 0 radical (unpaired) electrons. The van der Waals surface area contributed by atoms with E-state index in [1.165, 1.54) is 6.20 Å². The fraction of sp³-hybridized carbons (Fsp3) is 0.312. The molecule has 0 spiro atoms. The summed E-state index contributed by atoms with van der Waals surface area (Å²) in [5.41, 5.74) is 1.04. The zero-order chi connectivity index (χ0) is 15.1. The van der Waals surface area contributed by atoms with Crippen LogP contribution >= 0.6 is 0 Å². The Hall–Kier alpha value is -2.43. The predicted molar refractivity (Wildman–Crippen MR) is 84.4 cm³/mol. The molecule has 1 aromatic carbocycles. The summed E-state index contributed by atoms with van der Waals surface area (Å²) in [6, 6.07) is 9.28. The Labute approximate surface area is 124 Å². The van der Waals surface area contributed by atoms with E-state index in [0.717, 1.165) is 18.7 Å². The van der Waals surface area contributed by atoms with Gasteiger partial charge in [0.25, 0.3) is 5.91 Å². The molecule has 2 rings (SSSR count). The molecule has 5 heteroatoms. The SMILES string of the molecule is CC(C)CCNc1cnc(C(=O)Nc2ccccc2)cn1. The monoisotopic (exact) mass is 284 g/mol. The van der Waals surface area contributed by atoms with E-state index in [0.29, 0.717) is 17.4 Å². The molecule has 0 unspecified atom stereocenters. The number of carbonyl (C=O) groups is 1. The first-order valence-corrected chi connectivity index (χ1v) is 7.07. The largest absolute Gasteiger partial charge is 0.369 e. The highest BCUT2D eigenvalue weighted by molar-refractivity contribution is 6.02. The third-order valence-electron chi connectivity index (χ3n) is 2.94. The Kier molecular flexibility index (Phi) is 5.26. The number of hydrogen-bond acceptors (Lipinski definition) is 4. The maximum Gasteiger partial charge on any atom is 0.275 e. The molecule has 0 fully saturated rings. The zero-order valence-corrected chi connectivity index (χ0v) is 12.3. The number of hydrogen-bond donors (Lipinski definition) is 2. The number of nitrogens with zero attached hydrogens (tertiary/aromatic N) is 2. The van der Waals surface area contributed by atoms with Crippen LogP contribution in [0, 0.1) is 5.92 Å². The lowest BCUT2D eigenvalue weighted by atomic mass is 10.1. The van der Waals surface area contributed by atoms with E-state index in [9.17, 15) is 4.79 Å². The lowest BCUT2D eigenvalue weighted by Gasteiger charge is -2.08. The van der Waals surface area contributed by atoms with Crippen molar-refractivity contribution in [2.45, 2.75) is 20.3 Å². The van der Waals surface area contributed by atoms with Crippen molar-refractivity contribution in [2.24, 2.45) is 5.92 Å². The van der Waals surface area contributed by atoms with Crippen LogP contribution in [0.5, 0.6) is 0 Å². The summed E-state index contributed by atoms with van der Waals surface area (Å²) >= 11 is 0. The Balaban J connectivity index is 1.91. The second-order valence-corrected chi connectivity index (χ2v) is 5.22. The van der Waals surface area contributed by atoms with Gasteiger partial charge >= 0.3 is 0 Å². The highest BCUT2D eigenvalue weighted by Gasteiger charge is 2.08. The number of benzene rings is 1. The Morgan fingerprint density at radius 1 is 1.14 bits per heavy atom. The average molecular weight is 284 g/mol. The van der Waals surface area contributed by atoms with Gasteiger partial charge in [-0.05, 0) is 24.5 Å². The Morgan fingerprint density at radius 3 is 2.52 bits per heavy atom. The molecule has 1 heterocycles. The van der Waals surface area contributed by atoms with Crippen molar-refractivity contribution in [2.75, 3.05) is 17.2 Å². The van der Waals surface area contributed by atoms with Crippen molar-refractivity contribution in [3.05, 3.63) is 48.4 Å². The molecule has 0 aliphatic heterocycles. The standard InChI is InChI=1S/C16H20N4O/c1-12(2)8-9-17-15-11-18-14(10-19-15)16(21)20-13-6-4-3-5-7-13/h3-7,10-12H,8-9H2,1-2H3,(H,17,19)(H,20,21). The summed E-state index contributed by atoms with van der Waals surface area (Å²) in [7, 11) is 0. The quantitative estimate of drug-likeness (QED) is 0.855. The van der Waals surface area contributed by atoms with Crippen LogP contribution in [0.2, 0.25) is 0 Å². The van der Waals surface area contributed by atoms with Gasteiger partial charge in [0.1, 0.15) is 11.5 Å². The second-order valence-electron chi connectivity index (χ2n) is 5.22. The highest BCUT2D eigenvalue weighted by Crippen LogP contribution is 2.08. The van der Waals surface area contributed by atoms with Crippen LogP contribution in [-0.4, -0.2) is 22.4 Å². The second kappa shape index (κ2) is 7.38. The summed E-state index contributed by atoms with van der Waals surface area (Å²) in [6.45, 7) is 5.19. The van der Waals surface area contributed by atoms with Crippen LogP contribution in [0.1, 0.15) is 30.8 Å². The van der Waals surface area contributed by atoms with Crippen LogP contribution in [0.4, 0.5) is 11.5 Å². The summed E-state index contributed by atoms with van der Waals surface area (Å²) in [6.07, 6.45) is 4.13. The molecule has 21 heavy (non-hydrogen) atoms. The number of para-hydroxylation sites is 1. The molecule has 0 saturated heterocycles. The van der Waals surface area contributed by atoms with Gasteiger partial charge in [-0.2, -0.15) is 0 Å². The zero-order valence-electron chi connectivity index (χ0n) is 12.3. The van der Waals surface area contributed by atoms with Gasteiger partial charge in [-0.15, -0.1) is 0 Å². The van der Waals surface area contributed by atoms with Crippen LogP contribution in [0.3, 0.4) is 0 Å². The van der Waals surface area contributed by atoms with E-state index in [-0.39, 0.29) is 5.91 Å². The smallest absolute Gasteiger partial charge is 0.275 e. The molecule has 5 nitrogen and oxygen atoms in total. The predicted octanol–water partition coefficient (Wildman–Crippen LogP) is 3.19. The molecule has 0 saturated carbocycles. The summed E-state index contributed by atoms with van der Waals surface area (Å²) in [5.74, 6) is 1.07. The van der Waals surface area contributed by atoms with Crippen molar-refractivity contribution in [1.82, 2.24) is 9.97 Å². The third kappa shape index (κ3) is 4.87. The number of carbonyl (C=O) groups excluding carboxylic acids is 1. The van der Waals surface area contributed by atoms with Gasteiger partial charge in [-0.1, -0.05) is 32.0 Å². The minimum Gasteiger partial charge on any atom is -0.369 e. The van der Waals surface area contributed by atoms with E-state index >= 15 is 0 Å². The van der Waals surface area contributed by atoms with Crippen LogP contribution in [0.25, 0.3) is 0 Å². The number of rotatable bonds is 6. The van der Waals surface area contributed by atoms with Gasteiger partial charge < -0.3 is 10.6 Å². The maximum atomic E-state index is 12.0. The van der Waals surface area contributed by atoms with Crippen molar-refractivity contribution in [3.8, 4) is 0 Å². The third-order valence-corrected chi connectivity index (χ3v) is 2.94. The first kappa shape index (κ1) is 15.0. The van der Waals surface area contributed by atoms with Gasteiger partial charge in [-0.3, -0.25) is 4.79 Å². The van der Waals surface area contributed by atoms with Crippen molar-refractivity contribution < 1.29 is 4.79 Å². The van der Waals surface area contributed by atoms with E-state index in [1.807, 2.05) is 30.3 Å². The lowest BCUT2D eigenvalue weighted by molar-refractivity contribution is 0.102. The molecule has 2 aromatic rings. The number of nitrogens with one attached hydrogen (secondary N) is 2. The van der Waals surface area contributed by atoms with Crippen molar-refractivity contribution in [3.63, 3.8) is 0 Å². The Bertz CT molecular complexity index is 567. The highest BCUT2D eigenvalue weighted by atomic mass is 16.1. The van der Waals surface area contributed by atoms with Crippen molar-refractivity contribution in [1.29, 1.82) is 0 Å². The topological polar surface area (TPSA) is 66.9 Å². The fourth-order valence-corrected chi connectivity index (χ4v) is 1.74. The summed E-state index contributed by atoms with van der Waals surface area (Å²) in [4.78, 5) is 20.3. The van der Waals surface area contributed by atoms with E-state index < -0.39 is 0 Å². The first-order chi connectivity index (χ1) is 10.1. The van der Waals surface area contributed by atoms with Crippen LogP contribution < -0.4 is 10.6 Å². The van der Waals surface area contributed by atoms with Gasteiger partial charge in [0.05, 0.1) is 12.4 Å².